The van der Waals surface area contributed by atoms with Crippen LogP contribution >= 0.6 is 23.2 Å². The Bertz CT molecular complexity index is 555. The highest BCUT2D eigenvalue weighted by Crippen LogP contribution is 2.23. The second-order valence-electron chi connectivity index (χ2n) is 4.54. The Morgan fingerprint density at radius 2 is 1.47 bits per heavy atom. The molecule has 1 unspecified atom stereocenters. The maximum atomic E-state index is 12.8. The van der Waals surface area contributed by atoms with Crippen molar-refractivity contribution in [3.05, 3.63) is 69.5 Å². The van der Waals surface area contributed by atoms with Crippen molar-refractivity contribution in [3.63, 3.8) is 0 Å². The van der Waals surface area contributed by atoms with Gasteiger partial charge in [-0.3, -0.25) is 0 Å². The quantitative estimate of drug-likeness (QED) is 0.897. The average molecular weight is 298 g/mol. The number of benzene rings is 2. The lowest BCUT2D eigenvalue weighted by atomic mass is 10.00. The van der Waals surface area contributed by atoms with Crippen LogP contribution in [0.25, 0.3) is 0 Å². The molecule has 0 aliphatic carbocycles. The fourth-order valence-corrected chi connectivity index (χ4v) is 2.29. The number of halogens is 3. The number of rotatable bonds is 4. The first kappa shape index (κ1) is 14.3. The zero-order valence-electron chi connectivity index (χ0n) is 10.2. The Morgan fingerprint density at radius 3 is 2.11 bits per heavy atom. The van der Waals surface area contributed by atoms with Gasteiger partial charge in [-0.2, -0.15) is 0 Å². The Kier molecular flexibility index (Phi) is 4.81. The molecule has 2 N–H and O–H groups in total. The minimum absolute atomic E-state index is 0.0392. The molecule has 0 radical (unpaired) electrons. The lowest BCUT2D eigenvalue weighted by molar-refractivity contribution is 0.623. The molecule has 2 aromatic rings. The SMILES string of the molecule is NC(Cc1ccc(F)cc1)Cc1ccc(Cl)c(Cl)c1. The molecule has 0 heterocycles. The molecule has 0 bridgehead atoms. The maximum Gasteiger partial charge on any atom is 0.123 e. The van der Waals surface area contributed by atoms with Gasteiger partial charge in [-0.1, -0.05) is 41.4 Å². The van der Waals surface area contributed by atoms with E-state index >= 15 is 0 Å². The summed E-state index contributed by atoms with van der Waals surface area (Å²) in [4.78, 5) is 0. The zero-order chi connectivity index (χ0) is 13.8. The van der Waals surface area contributed by atoms with Gasteiger partial charge >= 0.3 is 0 Å². The highest BCUT2D eigenvalue weighted by Gasteiger charge is 2.07. The molecular formula is C15H14Cl2FN. The third kappa shape index (κ3) is 4.20. The van der Waals surface area contributed by atoms with Gasteiger partial charge in [-0.25, -0.2) is 4.39 Å². The van der Waals surface area contributed by atoms with E-state index in [1.54, 1.807) is 18.2 Å². The number of hydrogen-bond donors (Lipinski definition) is 1. The predicted molar refractivity (Wildman–Crippen MR) is 78.2 cm³/mol. The van der Waals surface area contributed by atoms with E-state index in [0.717, 1.165) is 11.1 Å². The Labute approximate surface area is 122 Å². The highest BCUT2D eigenvalue weighted by molar-refractivity contribution is 6.42. The van der Waals surface area contributed by atoms with E-state index in [0.29, 0.717) is 22.9 Å². The lowest BCUT2D eigenvalue weighted by Crippen LogP contribution is -2.25. The summed E-state index contributed by atoms with van der Waals surface area (Å²) >= 11 is 11.8. The summed E-state index contributed by atoms with van der Waals surface area (Å²) < 4.78 is 12.8. The lowest BCUT2D eigenvalue weighted by Gasteiger charge is -2.12. The van der Waals surface area contributed by atoms with Crippen LogP contribution in [-0.2, 0) is 12.8 Å². The van der Waals surface area contributed by atoms with Crippen molar-refractivity contribution >= 4 is 23.2 Å². The first-order valence-electron chi connectivity index (χ1n) is 5.98. The third-order valence-corrected chi connectivity index (χ3v) is 3.63. The third-order valence-electron chi connectivity index (χ3n) is 2.89. The predicted octanol–water partition coefficient (Wildman–Crippen LogP) is 4.25. The van der Waals surface area contributed by atoms with Gasteiger partial charge in [0.15, 0.2) is 0 Å². The molecule has 2 aromatic carbocycles. The van der Waals surface area contributed by atoms with Gasteiger partial charge in [0.25, 0.3) is 0 Å². The summed E-state index contributed by atoms with van der Waals surface area (Å²) in [5.41, 5.74) is 8.16. The average Bonchev–Trinajstić information content (AvgIpc) is 2.37. The molecule has 0 amide bonds. The van der Waals surface area contributed by atoms with E-state index in [1.807, 2.05) is 12.1 Å². The summed E-state index contributed by atoms with van der Waals surface area (Å²) in [6.07, 6.45) is 1.40. The van der Waals surface area contributed by atoms with Gasteiger partial charge in [0.05, 0.1) is 10.0 Å². The molecule has 0 saturated heterocycles. The molecular weight excluding hydrogens is 284 g/mol. The minimum atomic E-state index is -0.234. The van der Waals surface area contributed by atoms with Gasteiger partial charge in [-0.05, 0) is 48.2 Å². The van der Waals surface area contributed by atoms with Crippen LogP contribution in [0.5, 0.6) is 0 Å². The topological polar surface area (TPSA) is 26.0 Å². The molecule has 0 aliphatic rings. The second kappa shape index (κ2) is 6.38. The first-order chi connectivity index (χ1) is 9.04. The van der Waals surface area contributed by atoms with Crippen LogP contribution in [0.1, 0.15) is 11.1 Å². The summed E-state index contributed by atoms with van der Waals surface area (Å²) in [6.45, 7) is 0. The van der Waals surface area contributed by atoms with E-state index < -0.39 is 0 Å². The van der Waals surface area contributed by atoms with E-state index in [9.17, 15) is 4.39 Å². The van der Waals surface area contributed by atoms with Crippen molar-refractivity contribution < 1.29 is 4.39 Å². The standard InChI is InChI=1S/C15H14Cl2FN/c16-14-6-3-11(9-15(14)17)8-13(19)7-10-1-4-12(18)5-2-10/h1-6,9,13H,7-8,19H2. The van der Waals surface area contributed by atoms with Crippen molar-refractivity contribution in [2.75, 3.05) is 0 Å². The molecule has 4 heteroatoms. The normalized spacial score (nSPS) is 12.4. The van der Waals surface area contributed by atoms with Gasteiger partial charge in [0, 0.05) is 6.04 Å². The van der Waals surface area contributed by atoms with E-state index in [2.05, 4.69) is 0 Å². The van der Waals surface area contributed by atoms with E-state index in [-0.39, 0.29) is 11.9 Å². The summed E-state index contributed by atoms with van der Waals surface area (Å²) in [5.74, 6) is -0.234. The fraction of sp³-hybridized carbons (Fsp3) is 0.200. The molecule has 0 aliphatic heterocycles. The second-order valence-corrected chi connectivity index (χ2v) is 5.36. The minimum Gasteiger partial charge on any atom is -0.327 e. The molecule has 1 atom stereocenters. The number of hydrogen-bond acceptors (Lipinski definition) is 1. The van der Waals surface area contributed by atoms with Crippen molar-refractivity contribution in [3.8, 4) is 0 Å². The fourth-order valence-electron chi connectivity index (χ4n) is 1.96. The van der Waals surface area contributed by atoms with Crippen LogP contribution < -0.4 is 5.73 Å². The maximum absolute atomic E-state index is 12.8. The van der Waals surface area contributed by atoms with Crippen LogP contribution in [0.4, 0.5) is 4.39 Å². The van der Waals surface area contributed by atoms with E-state index in [1.165, 1.54) is 12.1 Å². The summed E-state index contributed by atoms with van der Waals surface area (Å²) in [5, 5.41) is 1.07. The van der Waals surface area contributed by atoms with E-state index in [4.69, 9.17) is 28.9 Å². The van der Waals surface area contributed by atoms with Gasteiger partial charge in [0.2, 0.25) is 0 Å². The van der Waals surface area contributed by atoms with Crippen LogP contribution in [0.2, 0.25) is 10.0 Å². The van der Waals surface area contributed by atoms with Gasteiger partial charge in [-0.15, -0.1) is 0 Å². The largest absolute Gasteiger partial charge is 0.327 e. The molecule has 0 aromatic heterocycles. The van der Waals surface area contributed by atoms with Crippen molar-refractivity contribution in [2.45, 2.75) is 18.9 Å². The van der Waals surface area contributed by atoms with Crippen LogP contribution in [0.3, 0.4) is 0 Å². The molecule has 2 rings (SSSR count). The summed E-state index contributed by atoms with van der Waals surface area (Å²) in [7, 11) is 0. The molecule has 0 spiro atoms. The Morgan fingerprint density at radius 1 is 0.895 bits per heavy atom. The number of nitrogens with two attached hydrogens (primary N) is 1. The van der Waals surface area contributed by atoms with Gasteiger partial charge in [0.1, 0.15) is 5.82 Å². The van der Waals surface area contributed by atoms with Crippen molar-refractivity contribution in [2.24, 2.45) is 5.73 Å². The van der Waals surface area contributed by atoms with Gasteiger partial charge < -0.3 is 5.73 Å². The molecule has 0 saturated carbocycles. The highest BCUT2D eigenvalue weighted by atomic mass is 35.5. The van der Waals surface area contributed by atoms with Crippen molar-refractivity contribution in [1.82, 2.24) is 0 Å². The van der Waals surface area contributed by atoms with Crippen LogP contribution in [0.15, 0.2) is 42.5 Å². The monoisotopic (exact) mass is 297 g/mol. The summed E-state index contributed by atoms with van der Waals surface area (Å²) in [6, 6.07) is 11.9. The molecule has 100 valence electrons. The van der Waals surface area contributed by atoms with Crippen molar-refractivity contribution in [1.29, 1.82) is 0 Å². The Hall–Kier alpha value is -1.09. The molecule has 19 heavy (non-hydrogen) atoms. The zero-order valence-corrected chi connectivity index (χ0v) is 11.8. The Balaban J connectivity index is 1.98. The van der Waals surface area contributed by atoms with Crippen LogP contribution in [-0.4, -0.2) is 6.04 Å². The molecule has 1 nitrogen and oxygen atoms in total. The smallest absolute Gasteiger partial charge is 0.123 e. The first-order valence-corrected chi connectivity index (χ1v) is 6.74. The molecule has 0 fully saturated rings. The van der Waals surface area contributed by atoms with Crippen LogP contribution in [0, 0.1) is 5.82 Å².